The lowest BCUT2D eigenvalue weighted by Gasteiger charge is -2.35. The monoisotopic (exact) mass is 473 g/mol. The van der Waals surface area contributed by atoms with Gasteiger partial charge in [-0.05, 0) is 50.2 Å². The summed E-state index contributed by atoms with van der Waals surface area (Å²) in [6.45, 7) is 7.68. The van der Waals surface area contributed by atoms with Crippen molar-refractivity contribution in [2.45, 2.75) is 26.4 Å². The number of aromatic nitrogens is 2. The Kier molecular flexibility index (Phi) is 6.32. The van der Waals surface area contributed by atoms with Crippen molar-refractivity contribution in [3.8, 4) is 22.9 Å². The Balaban J connectivity index is 1.40. The van der Waals surface area contributed by atoms with Crippen LogP contribution in [0.25, 0.3) is 16.6 Å². The van der Waals surface area contributed by atoms with Crippen molar-refractivity contribution in [3.05, 3.63) is 53.5 Å². The molecule has 0 saturated carbocycles. The minimum Gasteiger partial charge on any atom is -0.785 e. The zero-order valence-corrected chi connectivity index (χ0v) is 20.1. The number of piperazine rings is 1. The van der Waals surface area contributed by atoms with E-state index < -0.39 is 0 Å². The molecule has 2 saturated heterocycles. The molecule has 9 nitrogen and oxygen atoms in total. The maximum absolute atomic E-state index is 11.7. The summed E-state index contributed by atoms with van der Waals surface area (Å²) in [5, 5.41) is 26.7. The van der Waals surface area contributed by atoms with Crippen LogP contribution in [0.4, 0.5) is 5.69 Å². The smallest absolute Gasteiger partial charge is 0.219 e. The highest BCUT2D eigenvalue weighted by molar-refractivity contribution is 5.76. The van der Waals surface area contributed by atoms with Crippen molar-refractivity contribution < 1.29 is 9.53 Å². The molecule has 2 aliphatic rings. The van der Waals surface area contributed by atoms with E-state index in [1.165, 1.54) is 0 Å². The number of fused-ring (bicyclic) bond motifs is 1. The minimum absolute atomic E-state index is 0.124. The molecule has 5 rings (SSSR count). The van der Waals surface area contributed by atoms with Gasteiger partial charge in [-0.1, -0.05) is 12.1 Å². The fourth-order valence-electron chi connectivity index (χ4n) is 4.99. The summed E-state index contributed by atoms with van der Waals surface area (Å²) in [7, 11) is 0. The van der Waals surface area contributed by atoms with Gasteiger partial charge in [-0.15, -0.1) is 0 Å². The second kappa shape index (κ2) is 9.56. The second-order valence-electron chi connectivity index (χ2n) is 9.36. The van der Waals surface area contributed by atoms with Gasteiger partial charge in [0.25, 0.3) is 0 Å². The molecule has 0 bridgehead atoms. The van der Waals surface area contributed by atoms with E-state index in [0.717, 1.165) is 54.5 Å². The second-order valence-corrected chi connectivity index (χ2v) is 9.36. The summed E-state index contributed by atoms with van der Waals surface area (Å²) in [4.78, 5) is 15.8. The summed E-state index contributed by atoms with van der Waals surface area (Å²) >= 11 is 0. The average Bonchev–Trinajstić information content (AvgIpc) is 3.50. The van der Waals surface area contributed by atoms with Crippen LogP contribution < -0.4 is 9.64 Å². The van der Waals surface area contributed by atoms with Gasteiger partial charge in [0.2, 0.25) is 5.91 Å². The lowest BCUT2D eigenvalue weighted by Crippen LogP contribution is -2.48. The van der Waals surface area contributed by atoms with E-state index in [0.29, 0.717) is 29.9 Å². The number of ether oxygens (including phenoxy) is 1. The van der Waals surface area contributed by atoms with E-state index in [4.69, 9.17) is 4.74 Å². The molecule has 1 amide bonds. The summed E-state index contributed by atoms with van der Waals surface area (Å²) in [6, 6.07) is 12.5. The zero-order valence-electron chi connectivity index (χ0n) is 20.1. The highest BCUT2D eigenvalue weighted by Gasteiger charge is 2.26. The van der Waals surface area contributed by atoms with Crippen LogP contribution in [0.15, 0.2) is 42.7 Å². The van der Waals surface area contributed by atoms with Crippen LogP contribution in [-0.2, 0) is 4.79 Å². The lowest BCUT2D eigenvalue weighted by atomic mass is 10.0. The van der Waals surface area contributed by atoms with Gasteiger partial charge >= 0.3 is 0 Å². The average molecular weight is 474 g/mol. The van der Waals surface area contributed by atoms with Crippen LogP contribution in [0.2, 0.25) is 0 Å². The minimum atomic E-state index is -0.162. The highest BCUT2D eigenvalue weighted by atomic mass is 16.5. The molecule has 1 unspecified atom stereocenters. The SMILES string of the molecule is CC(=O)N1CCN(c2ccc(-c3cc(O[C@H](C)C4CCN([O-])C4)c4c(C#N)cnn4c3)cc2)CC1. The standard InChI is InChI=1S/C26H29N6O3/c1-18(21-7-8-31(34)16-21)35-25-13-22(17-32-26(25)23(14-27)15-28-32)20-3-5-24(6-4-20)30-11-9-29(10-12-30)19(2)33/h3-6,13,15,17-18,21H,7-12,16H2,1-2H3/q-1/t18-,21?/m1/s1. The first-order chi connectivity index (χ1) is 16.9. The molecule has 4 heterocycles. The molecule has 3 aromatic rings. The van der Waals surface area contributed by atoms with Gasteiger partial charge in [0, 0.05) is 56.5 Å². The van der Waals surface area contributed by atoms with Crippen LogP contribution in [-0.4, -0.2) is 70.9 Å². The Labute approximate surface area is 204 Å². The number of hydrogen-bond acceptors (Lipinski definition) is 7. The van der Waals surface area contributed by atoms with E-state index in [2.05, 4.69) is 40.3 Å². The van der Waals surface area contributed by atoms with Gasteiger partial charge < -0.3 is 24.8 Å². The highest BCUT2D eigenvalue weighted by Crippen LogP contribution is 2.33. The number of hydroxylamine groups is 2. The van der Waals surface area contributed by atoms with Crippen molar-refractivity contribution in [3.63, 3.8) is 0 Å². The number of anilines is 1. The Morgan fingerprint density at radius 2 is 1.91 bits per heavy atom. The Hall–Kier alpha value is -3.61. The predicted molar refractivity (Wildman–Crippen MR) is 133 cm³/mol. The Morgan fingerprint density at radius 1 is 1.17 bits per heavy atom. The molecule has 2 atom stereocenters. The number of benzene rings is 1. The maximum Gasteiger partial charge on any atom is 0.219 e. The maximum atomic E-state index is 11.7. The van der Waals surface area contributed by atoms with Gasteiger partial charge in [-0.2, -0.15) is 10.4 Å². The van der Waals surface area contributed by atoms with Gasteiger partial charge in [0.15, 0.2) is 0 Å². The van der Waals surface area contributed by atoms with Crippen molar-refractivity contribution >= 4 is 17.1 Å². The number of nitriles is 1. The lowest BCUT2D eigenvalue weighted by molar-refractivity contribution is -0.129. The van der Waals surface area contributed by atoms with Gasteiger partial charge in [0.1, 0.15) is 29.0 Å². The first kappa shape index (κ1) is 23.1. The Morgan fingerprint density at radius 3 is 2.54 bits per heavy atom. The number of nitrogens with zero attached hydrogens (tertiary/aromatic N) is 6. The molecule has 2 aromatic heterocycles. The third-order valence-corrected chi connectivity index (χ3v) is 7.15. The van der Waals surface area contributed by atoms with Crippen LogP contribution in [0.3, 0.4) is 0 Å². The number of amides is 1. The van der Waals surface area contributed by atoms with Crippen molar-refractivity contribution in [2.24, 2.45) is 5.92 Å². The number of pyridine rings is 1. The topological polar surface area (TPSA) is 100 Å². The zero-order chi connectivity index (χ0) is 24.5. The molecule has 35 heavy (non-hydrogen) atoms. The summed E-state index contributed by atoms with van der Waals surface area (Å²) in [5.74, 6) is 0.865. The summed E-state index contributed by atoms with van der Waals surface area (Å²) in [6.07, 6.45) is 4.09. The quantitative estimate of drug-likeness (QED) is 0.561. The van der Waals surface area contributed by atoms with Crippen LogP contribution in [0.1, 0.15) is 25.8 Å². The number of rotatable bonds is 5. The van der Waals surface area contributed by atoms with Gasteiger partial charge in [0.05, 0.1) is 6.20 Å². The van der Waals surface area contributed by atoms with Crippen LogP contribution in [0, 0.1) is 22.5 Å². The summed E-state index contributed by atoms with van der Waals surface area (Å²) in [5.41, 5.74) is 4.15. The fraction of sp³-hybridized carbons (Fsp3) is 0.423. The predicted octanol–water partition coefficient (Wildman–Crippen LogP) is 3.13. The molecular formula is C26H29N6O3-. The molecule has 2 fully saturated rings. The molecule has 2 aliphatic heterocycles. The molecule has 0 spiro atoms. The number of carbonyl (C=O) groups is 1. The molecular weight excluding hydrogens is 444 g/mol. The van der Waals surface area contributed by atoms with E-state index in [-0.39, 0.29) is 17.9 Å². The van der Waals surface area contributed by atoms with E-state index >= 15 is 0 Å². The molecule has 182 valence electrons. The summed E-state index contributed by atoms with van der Waals surface area (Å²) < 4.78 is 8.05. The first-order valence-corrected chi connectivity index (χ1v) is 12.0. The van der Waals surface area contributed by atoms with E-state index in [1.807, 2.05) is 24.1 Å². The van der Waals surface area contributed by atoms with Crippen LogP contribution >= 0.6 is 0 Å². The van der Waals surface area contributed by atoms with Crippen molar-refractivity contribution in [1.29, 1.82) is 5.26 Å². The Bertz CT molecular complexity index is 1260. The van der Waals surface area contributed by atoms with Gasteiger partial charge in [-0.25, -0.2) is 4.52 Å². The number of hydrogen-bond donors (Lipinski definition) is 0. The molecule has 0 radical (unpaired) electrons. The van der Waals surface area contributed by atoms with Crippen LogP contribution in [0.5, 0.6) is 5.75 Å². The molecule has 0 N–H and O–H groups in total. The molecule has 9 heteroatoms. The van der Waals surface area contributed by atoms with E-state index in [9.17, 15) is 15.3 Å². The molecule has 1 aromatic carbocycles. The number of carbonyl (C=O) groups excluding carboxylic acids is 1. The molecule has 0 aliphatic carbocycles. The normalized spacial score (nSPS) is 19.7. The fourth-order valence-corrected chi connectivity index (χ4v) is 4.99. The van der Waals surface area contributed by atoms with Crippen molar-refractivity contribution in [2.75, 3.05) is 44.2 Å². The first-order valence-electron chi connectivity index (χ1n) is 12.0. The largest absolute Gasteiger partial charge is 0.785 e. The van der Waals surface area contributed by atoms with Crippen molar-refractivity contribution in [1.82, 2.24) is 19.6 Å². The third-order valence-electron chi connectivity index (χ3n) is 7.15. The third kappa shape index (κ3) is 4.67. The van der Waals surface area contributed by atoms with Gasteiger partial charge in [-0.3, -0.25) is 4.79 Å². The van der Waals surface area contributed by atoms with E-state index in [1.54, 1.807) is 17.6 Å².